The van der Waals surface area contributed by atoms with Crippen molar-refractivity contribution in [1.29, 1.82) is 5.26 Å². The van der Waals surface area contributed by atoms with Crippen molar-refractivity contribution in [2.24, 2.45) is 5.41 Å². The van der Waals surface area contributed by atoms with E-state index < -0.39 is 0 Å². The molecular formula is C28H26ClN5O2S. The maximum Gasteiger partial charge on any atom is 0.245 e. The van der Waals surface area contributed by atoms with Crippen LogP contribution >= 0.6 is 22.9 Å². The van der Waals surface area contributed by atoms with Gasteiger partial charge in [0.05, 0.1) is 34.5 Å². The molecule has 0 radical (unpaired) electrons. The Morgan fingerprint density at radius 2 is 2.16 bits per heavy atom. The number of nitrogens with zero attached hydrogens (tertiary/aromatic N) is 5. The maximum atomic E-state index is 12.0. The Bertz CT molecular complexity index is 1460. The highest BCUT2D eigenvalue weighted by atomic mass is 35.5. The molecule has 6 rings (SSSR count). The van der Waals surface area contributed by atoms with Gasteiger partial charge in [0.15, 0.2) is 0 Å². The van der Waals surface area contributed by atoms with Gasteiger partial charge in [-0.1, -0.05) is 36.4 Å². The van der Waals surface area contributed by atoms with Crippen LogP contribution in [0.25, 0.3) is 11.1 Å². The highest BCUT2D eigenvalue weighted by molar-refractivity contribution is 7.09. The first-order chi connectivity index (χ1) is 17.9. The molecule has 1 spiro atoms. The van der Waals surface area contributed by atoms with E-state index in [2.05, 4.69) is 22.5 Å². The number of anilines is 1. The van der Waals surface area contributed by atoms with Crippen molar-refractivity contribution in [3.8, 4) is 17.2 Å². The third-order valence-electron chi connectivity index (χ3n) is 7.78. The number of carbonyl (C=O) groups is 1. The van der Waals surface area contributed by atoms with E-state index in [1.54, 1.807) is 11.3 Å². The van der Waals surface area contributed by atoms with Crippen LogP contribution < -0.4 is 4.90 Å². The van der Waals surface area contributed by atoms with Crippen molar-refractivity contribution in [1.82, 2.24) is 14.9 Å². The highest BCUT2D eigenvalue weighted by Crippen LogP contribution is 2.46. The van der Waals surface area contributed by atoms with Gasteiger partial charge >= 0.3 is 0 Å². The summed E-state index contributed by atoms with van der Waals surface area (Å²) in [6.45, 7) is 8.91. The number of rotatable bonds is 4. The number of pyridine rings is 1. The van der Waals surface area contributed by atoms with Crippen LogP contribution in [-0.2, 0) is 22.6 Å². The van der Waals surface area contributed by atoms with Gasteiger partial charge in [-0.05, 0) is 25.5 Å². The zero-order chi connectivity index (χ0) is 25.7. The Morgan fingerprint density at radius 1 is 1.35 bits per heavy atom. The number of amides is 1. The molecule has 2 saturated heterocycles. The Balaban J connectivity index is 1.42. The van der Waals surface area contributed by atoms with Gasteiger partial charge in [-0.15, -0.1) is 11.3 Å². The molecular weight excluding hydrogens is 506 g/mol. The lowest BCUT2D eigenvalue weighted by Crippen LogP contribution is -2.59. The van der Waals surface area contributed by atoms with Gasteiger partial charge in [-0.2, -0.15) is 5.26 Å². The lowest BCUT2D eigenvalue weighted by atomic mass is 9.79. The minimum atomic E-state index is -0.123. The first kappa shape index (κ1) is 24.1. The summed E-state index contributed by atoms with van der Waals surface area (Å²) in [7, 11) is 0. The van der Waals surface area contributed by atoms with E-state index in [0.29, 0.717) is 42.5 Å². The third kappa shape index (κ3) is 4.02. The standard InChI is InChI=1S/C28H26ClN5O2S/c1-3-24(35)34-14-28(15-34)8-9-33(13-28)27-19(11-30)25(18-6-4-5-7-21(18)29)20-12-36-23(10-22(20)32-27)26-17(2)31-16-37-26/h3-7,16,23H,1,8-10,12-15H2,2H3/t23-/m0/s1. The average Bonchev–Trinajstić information content (AvgIpc) is 3.53. The number of thiazole rings is 1. The highest BCUT2D eigenvalue weighted by Gasteiger charge is 2.49. The minimum absolute atomic E-state index is 0.0267. The first-order valence-electron chi connectivity index (χ1n) is 12.3. The molecule has 1 aromatic carbocycles. The van der Waals surface area contributed by atoms with Gasteiger partial charge in [0, 0.05) is 59.7 Å². The molecule has 7 nitrogen and oxygen atoms in total. The second-order valence-corrected chi connectivity index (χ2v) is 11.4. The summed E-state index contributed by atoms with van der Waals surface area (Å²) in [6, 6.07) is 10.1. The van der Waals surface area contributed by atoms with Crippen LogP contribution in [0, 0.1) is 23.7 Å². The largest absolute Gasteiger partial charge is 0.367 e. The Morgan fingerprint density at radius 3 is 2.86 bits per heavy atom. The number of likely N-dealkylation sites (tertiary alicyclic amines) is 1. The number of benzene rings is 1. The normalized spacial score (nSPS) is 19.9. The maximum absolute atomic E-state index is 12.0. The summed E-state index contributed by atoms with van der Waals surface area (Å²) < 4.78 is 6.32. The average molecular weight is 532 g/mol. The molecule has 3 aliphatic heterocycles. The summed E-state index contributed by atoms with van der Waals surface area (Å²) in [5, 5.41) is 11.0. The van der Waals surface area contributed by atoms with Crippen LogP contribution in [-0.4, -0.2) is 47.0 Å². The predicted octanol–water partition coefficient (Wildman–Crippen LogP) is 5.08. The van der Waals surface area contributed by atoms with Gasteiger partial charge in [0.2, 0.25) is 5.91 Å². The van der Waals surface area contributed by atoms with Crippen LogP contribution in [0.3, 0.4) is 0 Å². The van der Waals surface area contributed by atoms with E-state index in [4.69, 9.17) is 21.3 Å². The monoisotopic (exact) mass is 531 g/mol. The summed E-state index contributed by atoms with van der Waals surface area (Å²) in [6.07, 6.45) is 2.81. The fraction of sp³-hybridized carbons (Fsp3) is 0.357. The number of aryl methyl sites for hydroxylation is 1. The van der Waals surface area contributed by atoms with Gasteiger partial charge in [0.25, 0.3) is 0 Å². The van der Waals surface area contributed by atoms with Crippen molar-refractivity contribution < 1.29 is 9.53 Å². The van der Waals surface area contributed by atoms with Gasteiger partial charge in [-0.25, -0.2) is 9.97 Å². The zero-order valence-corrected chi connectivity index (χ0v) is 22.1. The summed E-state index contributed by atoms with van der Waals surface area (Å²) >= 11 is 8.27. The van der Waals surface area contributed by atoms with Crippen molar-refractivity contribution >= 4 is 34.7 Å². The fourth-order valence-electron chi connectivity index (χ4n) is 5.91. The Labute approximate surface area is 225 Å². The lowest BCUT2D eigenvalue weighted by Gasteiger charge is -2.47. The number of hydrogen-bond acceptors (Lipinski definition) is 7. The second-order valence-electron chi connectivity index (χ2n) is 10.1. The molecule has 3 aromatic rings. The Kier molecular flexibility index (Phi) is 6.03. The van der Waals surface area contributed by atoms with E-state index in [1.807, 2.05) is 41.6 Å². The fourth-order valence-corrected chi connectivity index (χ4v) is 6.99. The number of hydrogen-bond donors (Lipinski definition) is 0. The second kappa shape index (κ2) is 9.25. The first-order valence-corrected chi connectivity index (χ1v) is 13.6. The molecule has 2 aromatic heterocycles. The molecule has 0 N–H and O–H groups in total. The number of halogens is 1. The number of aromatic nitrogens is 2. The predicted molar refractivity (Wildman–Crippen MR) is 144 cm³/mol. The van der Waals surface area contributed by atoms with E-state index in [-0.39, 0.29) is 17.4 Å². The number of carbonyl (C=O) groups excluding carboxylic acids is 1. The summed E-state index contributed by atoms with van der Waals surface area (Å²) in [5.74, 6) is 0.669. The van der Waals surface area contributed by atoms with Crippen molar-refractivity contribution in [3.63, 3.8) is 0 Å². The molecule has 0 bridgehead atoms. The van der Waals surface area contributed by atoms with E-state index >= 15 is 0 Å². The van der Waals surface area contributed by atoms with Crippen LogP contribution in [0.1, 0.15) is 39.9 Å². The van der Waals surface area contributed by atoms with E-state index in [9.17, 15) is 10.1 Å². The van der Waals surface area contributed by atoms with Crippen molar-refractivity contribution in [2.75, 3.05) is 31.1 Å². The molecule has 3 aliphatic rings. The molecule has 2 fully saturated rings. The topological polar surface area (TPSA) is 82.4 Å². The van der Waals surface area contributed by atoms with Gasteiger partial charge in [0.1, 0.15) is 17.5 Å². The molecule has 0 saturated carbocycles. The quantitative estimate of drug-likeness (QED) is 0.437. The summed E-state index contributed by atoms with van der Waals surface area (Å²) in [5.41, 5.74) is 6.86. The van der Waals surface area contributed by atoms with Gasteiger partial charge < -0.3 is 14.5 Å². The minimum Gasteiger partial charge on any atom is -0.367 e. The van der Waals surface area contributed by atoms with Crippen molar-refractivity contribution in [3.05, 3.63) is 74.8 Å². The summed E-state index contributed by atoms with van der Waals surface area (Å²) in [4.78, 5) is 26.7. The Hall–Kier alpha value is -3.25. The number of ether oxygens (including phenoxy) is 1. The van der Waals surface area contributed by atoms with Crippen LogP contribution in [0.5, 0.6) is 0 Å². The van der Waals surface area contributed by atoms with E-state index in [1.165, 1.54) is 6.08 Å². The molecule has 0 unspecified atom stereocenters. The number of nitriles is 1. The molecule has 188 valence electrons. The molecule has 0 aliphatic carbocycles. The third-order valence-corrected chi connectivity index (χ3v) is 9.13. The SMILES string of the molecule is C=CC(=O)N1CC2(CCN(c3nc4c(c(-c5ccccc5Cl)c3C#N)CO[C@H](c3scnc3C)C4)C2)C1. The zero-order valence-electron chi connectivity index (χ0n) is 20.5. The lowest BCUT2D eigenvalue weighted by molar-refractivity contribution is -0.136. The van der Waals surface area contributed by atoms with E-state index in [0.717, 1.165) is 52.5 Å². The molecule has 9 heteroatoms. The molecule has 1 amide bonds. The number of fused-ring (bicyclic) bond motifs is 1. The van der Waals surface area contributed by atoms with Gasteiger partial charge in [-0.3, -0.25) is 4.79 Å². The molecule has 1 atom stereocenters. The molecule has 5 heterocycles. The van der Waals surface area contributed by atoms with Crippen LogP contribution in [0.15, 0.2) is 42.4 Å². The van der Waals surface area contributed by atoms with Crippen molar-refractivity contribution in [2.45, 2.75) is 32.5 Å². The molecule has 37 heavy (non-hydrogen) atoms. The smallest absolute Gasteiger partial charge is 0.245 e. The van der Waals surface area contributed by atoms with Crippen LogP contribution in [0.4, 0.5) is 5.82 Å². The van der Waals surface area contributed by atoms with Crippen LogP contribution in [0.2, 0.25) is 5.02 Å².